The summed E-state index contributed by atoms with van der Waals surface area (Å²) < 4.78 is 6.10. The van der Waals surface area contributed by atoms with E-state index in [9.17, 15) is 4.79 Å². The molecule has 124 valence electrons. The molecule has 0 heterocycles. The van der Waals surface area contributed by atoms with Gasteiger partial charge in [-0.3, -0.25) is 0 Å². The Morgan fingerprint density at radius 3 is 2.35 bits per heavy atom. The normalized spacial score (nSPS) is 21.0. The van der Waals surface area contributed by atoms with Crippen molar-refractivity contribution < 1.29 is 9.53 Å². The summed E-state index contributed by atoms with van der Waals surface area (Å²) in [6, 6.07) is 7.54. The topological polar surface area (TPSA) is 26.3 Å². The van der Waals surface area contributed by atoms with Gasteiger partial charge in [-0.2, -0.15) is 0 Å². The van der Waals surface area contributed by atoms with Crippen LogP contribution in [0.2, 0.25) is 0 Å². The molecule has 0 spiro atoms. The fraction of sp³-hybridized carbons (Fsp3) is 0.571. The minimum atomic E-state index is -0.198. The van der Waals surface area contributed by atoms with Crippen molar-refractivity contribution >= 4 is 12.0 Å². The van der Waals surface area contributed by atoms with Gasteiger partial charge < -0.3 is 4.74 Å². The predicted molar refractivity (Wildman–Crippen MR) is 94.3 cm³/mol. The van der Waals surface area contributed by atoms with E-state index in [1.807, 2.05) is 24.3 Å². The lowest BCUT2D eigenvalue weighted by molar-refractivity contribution is -0.0298. The fourth-order valence-electron chi connectivity index (χ4n) is 4.30. The van der Waals surface area contributed by atoms with Crippen molar-refractivity contribution in [1.82, 2.24) is 0 Å². The van der Waals surface area contributed by atoms with Crippen molar-refractivity contribution in [3.05, 3.63) is 42.0 Å². The Labute approximate surface area is 139 Å². The maximum atomic E-state index is 12.6. The Balaban J connectivity index is 1.67. The first-order valence-electron chi connectivity index (χ1n) is 9.17. The van der Waals surface area contributed by atoms with Crippen LogP contribution in [0.5, 0.6) is 0 Å². The Morgan fingerprint density at radius 2 is 1.74 bits per heavy atom. The molecule has 0 N–H and O–H groups in total. The SMILES string of the molecule is C=Cc1ccc(C(=O)OC2(CC3CCCCC3)CCCC2)cc1. The highest BCUT2D eigenvalue weighted by molar-refractivity contribution is 5.90. The number of ether oxygens (including phenoxy) is 1. The average Bonchev–Trinajstić information content (AvgIpc) is 3.04. The molecule has 3 rings (SSSR count). The van der Waals surface area contributed by atoms with Crippen molar-refractivity contribution in [2.75, 3.05) is 0 Å². The van der Waals surface area contributed by atoms with Gasteiger partial charge in [-0.05, 0) is 55.7 Å². The lowest BCUT2D eigenvalue weighted by Gasteiger charge is -2.34. The Kier molecular flexibility index (Phi) is 5.20. The van der Waals surface area contributed by atoms with E-state index in [1.165, 1.54) is 44.9 Å². The zero-order valence-electron chi connectivity index (χ0n) is 14.1. The van der Waals surface area contributed by atoms with Crippen molar-refractivity contribution in [3.63, 3.8) is 0 Å². The highest BCUT2D eigenvalue weighted by Crippen LogP contribution is 2.42. The van der Waals surface area contributed by atoms with Crippen LogP contribution >= 0.6 is 0 Å². The van der Waals surface area contributed by atoms with Gasteiger partial charge in [-0.1, -0.05) is 56.9 Å². The maximum Gasteiger partial charge on any atom is 0.338 e. The number of carbonyl (C=O) groups is 1. The molecule has 2 nitrogen and oxygen atoms in total. The second-order valence-electron chi connectivity index (χ2n) is 7.31. The second kappa shape index (κ2) is 7.33. The third-order valence-corrected chi connectivity index (χ3v) is 5.59. The zero-order chi connectivity index (χ0) is 16.1. The van der Waals surface area contributed by atoms with Gasteiger partial charge in [0.05, 0.1) is 5.56 Å². The van der Waals surface area contributed by atoms with Crippen LogP contribution in [-0.2, 0) is 4.74 Å². The molecule has 0 unspecified atom stereocenters. The molecule has 0 amide bonds. The molecular weight excluding hydrogens is 284 g/mol. The van der Waals surface area contributed by atoms with Crippen LogP contribution in [0.3, 0.4) is 0 Å². The van der Waals surface area contributed by atoms with Gasteiger partial charge in [0.1, 0.15) is 5.60 Å². The van der Waals surface area contributed by atoms with Crippen LogP contribution in [0, 0.1) is 5.92 Å². The minimum absolute atomic E-state index is 0.154. The van der Waals surface area contributed by atoms with E-state index in [-0.39, 0.29) is 11.6 Å². The van der Waals surface area contributed by atoms with E-state index in [4.69, 9.17) is 4.74 Å². The van der Waals surface area contributed by atoms with Crippen LogP contribution in [0.1, 0.15) is 80.1 Å². The third kappa shape index (κ3) is 4.04. The summed E-state index contributed by atoms with van der Waals surface area (Å²) in [6.45, 7) is 3.75. The molecule has 23 heavy (non-hydrogen) atoms. The Hall–Kier alpha value is -1.57. The van der Waals surface area contributed by atoms with Gasteiger partial charge in [0.2, 0.25) is 0 Å². The lowest BCUT2D eigenvalue weighted by Crippen LogP contribution is -2.35. The van der Waals surface area contributed by atoms with Crippen molar-refractivity contribution in [3.8, 4) is 0 Å². The van der Waals surface area contributed by atoms with Gasteiger partial charge in [0, 0.05) is 0 Å². The summed E-state index contributed by atoms with van der Waals surface area (Å²) in [6.07, 6.45) is 14.0. The standard InChI is InChI=1S/C21H28O2/c1-2-17-10-12-19(13-11-17)20(22)23-21(14-6-7-15-21)16-18-8-4-3-5-9-18/h2,10-13,18H,1,3-9,14-16H2. The summed E-state index contributed by atoms with van der Waals surface area (Å²) in [5, 5.41) is 0. The van der Waals surface area contributed by atoms with Gasteiger partial charge in [0.15, 0.2) is 0 Å². The number of hydrogen-bond acceptors (Lipinski definition) is 2. The molecule has 0 aromatic heterocycles. The lowest BCUT2D eigenvalue weighted by atomic mass is 9.80. The van der Waals surface area contributed by atoms with E-state index in [0.717, 1.165) is 30.7 Å². The molecule has 2 aliphatic carbocycles. The van der Waals surface area contributed by atoms with Crippen LogP contribution < -0.4 is 0 Å². The van der Waals surface area contributed by atoms with Gasteiger partial charge >= 0.3 is 5.97 Å². The van der Waals surface area contributed by atoms with Crippen LogP contribution in [0.25, 0.3) is 6.08 Å². The van der Waals surface area contributed by atoms with E-state index in [2.05, 4.69) is 6.58 Å². The van der Waals surface area contributed by atoms with Gasteiger partial charge in [0.25, 0.3) is 0 Å². The summed E-state index contributed by atoms with van der Waals surface area (Å²) in [7, 11) is 0. The second-order valence-corrected chi connectivity index (χ2v) is 7.31. The molecule has 1 aromatic rings. The van der Waals surface area contributed by atoms with Crippen molar-refractivity contribution in [2.45, 2.75) is 69.8 Å². The van der Waals surface area contributed by atoms with Gasteiger partial charge in [-0.15, -0.1) is 0 Å². The Morgan fingerprint density at radius 1 is 1.09 bits per heavy atom. The molecule has 0 bridgehead atoms. The molecule has 2 saturated carbocycles. The molecule has 1 aromatic carbocycles. The van der Waals surface area contributed by atoms with Crippen molar-refractivity contribution in [1.29, 1.82) is 0 Å². The summed E-state index contributed by atoms with van der Waals surface area (Å²) in [5.74, 6) is 0.594. The van der Waals surface area contributed by atoms with Crippen LogP contribution in [-0.4, -0.2) is 11.6 Å². The monoisotopic (exact) mass is 312 g/mol. The highest BCUT2D eigenvalue weighted by atomic mass is 16.6. The number of rotatable bonds is 5. The minimum Gasteiger partial charge on any atom is -0.455 e. The first-order valence-corrected chi connectivity index (χ1v) is 9.17. The van der Waals surface area contributed by atoms with E-state index < -0.39 is 0 Å². The molecular formula is C21H28O2. The quantitative estimate of drug-likeness (QED) is 0.645. The van der Waals surface area contributed by atoms with Crippen LogP contribution in [0.4, 0.5) is 0 Å². The highest BCUT2D eigenvalue weighted by Gasteiger charge is 2.40. The van der Waals surface area contributed by atoms with E-state index in [0.29, 0.717) is 5.56 Å². The summed E-state index contributed by atoms with van der Waals surface area (Å²) >= 11 is 0. The van der Waals surface area contributed by atoms with Gasteiger partial charge in [-0.25, -0.2) is 4.79 Å². The molecule has 2 heteroatoms. The number of benzene rings is 1. The first-order chi connectivity index (χ1) is 11.2. The van der Waals surface area contributed by atoms with Crippen molar-refractivity contribution in [2.24, 2.45) is 5.92 Å². The Bertz CT molecular complexity index is 531. The average molecular weight is 312 g/mol. The largest absolute Gasteiger partial charge is 0.455 e. The molecule has 0 saturated heterocycles. The predicted octanol–water partition coefficient (Wildman–Crippen LogP) is 5.77. The van der Waals surface area contributed by atoms with E-state index >= 15 is 0 Å². The molecule has 0 aliphatic heterocycles. The maximum absolute atomic E-state index is 12.6. The molecule has 0 atom stereocenters. The fourth-order valence-corrected chi connectivity index (χ4v) is 4.30. The number of hydrogen-bond donors (Lipinski definition) is 0. The van der Waals surface area contributed by atoms with Crippen LogP contribution in [0.15, 0.2) is 30.8 Å². The summed E-state index contributed by atoms with van der Waals surface area (Å²) in [4.78, 5) is 12.6. The number of carbonyl (C=O) groups excluding carboxylic acids is 1. The first kappa shape index (κ1) is 16.3. The summed E-state index contributed by atoms with van der Waals surface area (Å²) in [5.41, 5.74) is 1.49. The third-order valence-electron chi connectivity index (χ3n) is 5.59. The number of esters is 1. The zero-order valence-corrected chi connectivity index (χ0v) is 14.1. The smallest absolute Gasteiger partial charge is 0.338 e. The molecule has 2 fully saturated rings. The molecule has 0 radical (unpaired) electrons. The molecule has 2 aliphatic rings. The van der Waals surface area contributed by atoms with E-state index in [1.54, 1.807) is 6.08 Å².